The molecule has 1 saturated heterocycles. The Bertz CT molecular complexity index is 516. The summed E-state index contributed by atoms with van der Waals surface area (Å²) in [4.78, 5) is 14.1. The van der Waals surface area contributed by atoms with Crippen molar-refractivity contribution in [3.05, 3.63) is 29.3 Å². The van der Waals surface area contributed by atoms with E-state index in [1.54, 1.807) is 0 Å². The molecule has 1 fully saturated rings. The van der Waals surface area contributed by atoms with E-state index in [9.17, 15) is 4.79 Å². The lowest BCUT2D eigenvalue weighted by molar-refractivity contribution is -0.131. The highest BCUT2D eigenvalue weighted by molar-refractivity contribution is 5.76. The highest BCUT2D eigenvalue weighted by atomic mass is 16.5. The Morgan fingerprint density at radius 2 is 2.14 bits per heavy atom. The molecule has 1 amide bonds. The molecule has 116 valence electrons. The molecule has 0 bridgehead atoms. The average molecular weight is 290 g/mol. The summed E-state index contributed by atoms with van der Waals surface area (Å²) in [6.45, 7) is 8.93. The number of hydrogen-bond acceptors (Lipinski definition) is 3. The second-order valence-corrected chi connectivity index (χ2v) is 6.42. The van der Waals surface area contributed by atoms with Crippen molar-refractivity contribution in [2.75, 3.05) is 26.2 Å². The van der Waals surface area contributed by atoms with Crippen LogP contribution >= 0.6 is 0 Å². The first-order valence-corrected chi connectivity index (χ1v) is 7.61. The van der Waals surface area contributed by atoms with Gasteiger partial charge in [0.25, 0.3) is 0 Å². The maximum Gasteiger partial charge on any atom is 0.226 e. The third-order valence-electron chi connectivity index (χ3n) is 4.47. The minimum absolute atomic E-state index is 0.0879. The number of nitrogens with zero attached hydrogens (tertiary/aromatic N) is 1. The van der Waals surface area contributed by atoms with E-state index < -0.39 is 0 Å². The van der Waals surface area contributed by atoms with Gasteiger partial charge in [-0.05, 0) is 55.5 Å². The minimum Gasteiger partial charge on any atom is -0.493 e. The molecule has 0 saturated carbocycles. The number of benzene rings is 1. The maximum atomic E-state index is 12.2. The number of hydrogen-bond donors (Lipinski definition) is 1. The summed E-state index contributed by atoms with van der Waals surface area (Å²) < 4.78 is 5.68. The predicted octanol–water partition coefficient (Wildman–Crippen LogP) is 2.27. The van der Waals surface area contributed by atoms with Gasteiger partial charge in [0.2, 0.25) is 5.91 Å². The number of carbonyl (C=O) groups is 1. The van der Waals surface area contributed by atoms with Crippen LogP contribution in [0.1, 0.15) is 30.9 Å². The zero-order valence-corrected chi connectivity index (χ0v) is 13.3. The second-order valence-electron chi connectivity index (χ2n) is 6.42. The Hall–Kier alpha value is -1.55. The lowest BCUT2D eigenvalue weighted by Crippen LogP contribution is -2.35. The third-order valence-corrected chi connectivity index (χ3v) is 4.47. The van der Waals surface area contributed by atoms with Gasteiger partial charge in [-0.3, -0.25) is 4.79 Å². The molecule has 0 aromatic heterocycles. The van der Waals surface area contributed by atoms with Crippen molar-refractivity contribution in [1.29, 1.82) is 0 Å². The topological polar surface area (TPSA) is 55.6 Å². The lowest BCUT2D eigenvalue weighted by atomic mass is 9.90. The van der Waals surface area contributed by atoms with Crippen molar-refractivity contribution in [2.24, 2.45) is 11.1 Å². The minimum atomic E-state index is 0.0879. The number of amides is 1. The van der Waals surface area contributed by atoms with E-state index in [0.29, 0.717) is 19.6 Å². The van der Waals surface area contributed by atoms with Gasteiger partial charge in [-0.2, -0.15) is 0 Å². The van der Waals surface area contributed by atoms with Gasteiger partial charge in [-0.25, -0.2) is 0 Å². The molecule has 1 aromatic rings. The molecule has 4 heteroatoms. The molecule has 1 aromatic carbocycles. The van der Waals surface area contributed by atoms with E-state index in [2.05, 4.69) is 20.8 Å². The van der Waals surface area contributed by atoms with E-state index in [1.807, 2.05) is 23.1 Å². The van der Waals surface area contributed by atoms with Gasteiger partial charge >= 0.3 is 0 Å². The van der Waals surface area contributed by atoms with Crippen molar-refractivity contribution < 1.29 is 9.53 Å². The molecule has 1 heterocycles. The summed E-state index contributed by atoms with van der Waals surface area (Å²) in [5.41, 5.74) is 8.31. The molecule has 1 aliphatic heterocycles. The van der Waals surface area contributed by atoms with E-state index in [-0.39, 0.29) is 11.3 Å². The van der Waals surface area contributed by atoms with Crippen LogP contribution < -0.4 is 10.5 Å². The largest absolute Gasteiger partial charge is 0.493 e. The number of likely N-dealkylation sites (tertiary alicyclic amines) is 1. The summed E-state index contributed by atoms with van der Waals surface area (Å²) in [6, 6.07) is 6.01. The van der Waals surface area contributed by atoms with Gasteiger partial charge in [0.1, 0.15) is 5.75 Å². The fraction of sp³-hybridized carbons (Fsp3) is 0.588. The van der Waals surface area contributed by atoms with Crippen LogP contribution in [0.3, 0.4) is 0 Å². The molecule has 21 heavy (non-hydrogen) atoms. The lowest BCUT2D eigenvalue weighted by Gasteiger charge is -2.22. The molecular weight excluding hydrogens is 264 g/mol. The van der Waals surface area contributed by atoms with Crippen molar-refractivity contribution in [3.63, 3.8) is 0 Å². The number of rotatable bonds is 5. The first-order chi connectivity index (χ1) is 9.93. The fourth-order valence-electron chi connectivity index (χ4n) is 2.62. The zero-order chi connectivity index (χ0) is 15.5. The molecule has 0 radical (unpaired) electrons. The molecule has 1 atom stereocenters. The van der Waals surface area contributed by atoms with Crippen molar-refractivity contribution in [3.8, 4) is 5.75 Å². The highest BCUT2D eigenvalue weighted by Gasteiger charge is 2.34. The van der Waals surface area contributed by atoms with E-state index in [4.69, 9.17) is 10.5 Å². The van der Waals surface area contributed by atoms with Gasteiger partial charge in [-0.1, -0.05) is 13.0 Å². The second kappa shape index (κ2) is 6.48. The van der Waals surface area contributed by atoms with Crippen molar-refractivity contribution in [2.45, 2.75) is 33.6 Å². The van der Waals surface area contributed by atoms with E-state index in [0.717, 1.165) is 25.3 Å². The van der Waals surface area contributed by atoms with Gasteiger partial charge in [0.05, 0.1) is 13.0 Å². The van der Waals surface area contributed by atoms with E-state index in [1.165, 1.54) is 11.1 Å². The van der Waals surface area contributed by atoms with Crippen LogP contribution in [0.4, 0.5) is 0 Å². The Morgan fingerprint density at radius 3 is 2.76 bits per heavy atom. The zero-order valence-electron chi connectivity index (χ0n) is 13.3. The number of nitrogens with two attached hydrogens (primary N) is 1. The fourth-order valence-corrected chi connectivity index (χ4v) is 2.62. The van der Waals surface area contributed by atoms with E-state index >= 15 is 0 Å². The molecule has 1 aliphatic rings. The molecule has 4 nitrogen and oxygen atoms in total. The Labute approximate surface area is 127 Å². The summed E-state index contributed by atoms with van der Waals surface area (Å²) in [7, 11) is 0. The van der Waals surface area contributed by atoms with Gasteiger partial charge in [-0.15, -0.1) is 0 Å². The van der Waals surface area contributed by atoms with Crippen LogP contribution in [0.25, 0.3) is 0 Å². The normalized spacial score (nSPS) is 21.6. The van der Waals surface area contributed by atoms with Crippen LogP contribution in [-0.4, -0.2) is 37.0 Å². The van der Waals surface area contributed by atoms with Crippen molar-refractivity contribution in [1.82, 2.24) is 4.90 Å². The van der Waals surface area contributed by atoms with Crippen LogP contribution in [0.15, 0.2) is 18.2 Å². The Morgan fingerprint density at radius 1 is 1.38 bits per heavy atom. The standard InChI is InChI=1S/C17H26N2O2/c1-13-4-5-15(10-14(13)2)21-9-6-16(20)19-8-7-17(3,11-18)12-19/h4-5,10H,6-9,11-12,18H2,1-3H3. The average Bonchev–Trinajstić information content (AvgIpc) is 2.86. The van der Waals surface area contributed by atoms with Crippen LogP contribution in [0.5, 0.6) is 5.75 Å². The number of ether oxygens (including phenoxy) is 1. The molecule has 0 spiro atoms. The first-order valence-electron chi connectivity index (χ1n) is 7.61. The van der Waals surface area contributed by atoms with Crippen LogP contribution in [0, 0.1) is 19.3 Å². The molecular formula is C17H26N2O2. The molecule has 2 rings (SSSR count). The Balaban J connectivity index is 1.78. The number of aryl methyl sites for hydroxylation is 2. The summed E-state index contributed by atoms with van der Waals surface area (Å²) in [5.74, 6) is 0.995. The van der Waals surface area contributed by atoms with Gasteiger partial charge in [0.15, 0.2) is 0 Å². The summed E-state index contributed by atoms with van der Waals surface area (Å²) in [6.07, 6.45) is 1.42. The Kier molecular flexibility index (Phi) is 4.88. The molecule has 2 N–H and O–H groups in total. The number of carbonyl (C=O) groups excluding carboxylic acids is 1. The summed E-state index contributed by atoms with van der Waals surface area (Å²) >= 11 is 0. The van der Waals surface area contributed by atoms with Crippen LogP contribution in [-0.2, 0) is 4.79 Å². The SMILES string of the molecule is Cc1ccc(OCCC(=O)N2CCC(C)(CN)C2)cc1C. The van der Waals surface area contributed by atoms with Crippen molar-refractivity contribution >= 4 is 5.91 Å². The first kappa shape index (κ1) is 15.8. The monoisotopic (exact) mass is 290 g/mol. The summed E-state index contributed by atoms with van der Waals surface area (Å²) in [5, 5.41) is 0. The maximum absolute atomic E-state index is 12.2. The quantitative estimate of drug-likeness (QED) is 0.905. The molecule has 0 aliphatic carbocycles. The smallest absolute Gasteiger partial charge is 0.226 e. The van der Waals surface area contributed by atoms with Crippen LogP contribution in [0.2, 0.25) is 0 Å². The van der Waals surface area contributed by atoms with Gasteiger partial charge < -0.3 is 15.4 Å². The third kappa shape index (κ3) is 3.97. The highest BCUT2D eigenvalue weighted by Crippen LogP contribution is 2.28. The predicted molar refractivity (Wildman–Crippen MR) is 84.4 cm³/mol. The van der Waals surface area contributed by atoms with Gasteiger partial charge in [0, 0.05) is 13.1 Å². The molecule has 1 unspecified atom stereocenters.